The van der Waals surface area contributed by atoms with Crippen LogP contribution in [0, 0.1) is 5.92 Å². The first-order valence-electron chi connectivity index (χ1n) is 13.4. The standard InChI is InChI=1S/C30H48O4/c1-8-32-27-13-9-11-25(12-10-18-33-29(20-27)23(6)15-14-21(2)3)30(31)26-16-17-28(24(7)19-26)34-22(4)5/h14-15,19,22,25,27,29H,8-13,16-18,20H2,1-7H3. The van der Waals surface area contributed by atoms with Crippen molar-refractivity contribution in [2.24, 2.45) is 5.92 Å². The highest BCUT2D eigenvalue weighted by Crippen LogP contribution is 2.31. The van der Waals surface area contributed by atoms with Gasteiger partial charge >= 0.3 is 0 Å². The van der Waals surface area contributed by atoms with Gasteiger partial charge in [0.25, 0.3) is 0 Å². The summed E-state index contributed by atoms with van der Waals surface area (Å²) in [6.45, 7) is 16.0. The van der Waals surface area contributed by atoms with Gasteiger partial charge in [-0.25, -0.2) is 0 Å². The fourth-order valence-electron chi connectivity index (χ4n) is 4.84. The summed E-state index contributed by atoms with van der Waals surface area (Å²) in [5.74, 6) is 1.42. The van der Waals surface area contributed by atoms with E-state index in [2.05, 4.69) is 52.8 Å². The third-order valence-electron chi connectivity index (χ3n) is 6.68. The van der Waals surface area contributed by atoms with Crippen LogP contribution in [0.2, 0.25) is 0 Å². The molecule has 0 N–H and O–H groups in total. The summed E-state index contributed by atoms with van der Waals surface area (Å²) in [5.41, 5.74) is 4.59. The lowest BCUT2D eigenvalue weighted by molar-refractivity contribution is -0.120. The Labute approximate surface area is 208 Å². The summed E-state index contributed by atoms with van der Waals surface area (Å²) in [7, 11) is 0. The zero-order valence-corrected chi connectivity index (χ0v) is 22.7. The van der Waals surface area contributed by atoms with Crippen LogP contribution in [0.3, 0.4) is 0 Å². The molecule has 2 aliphatic rings. The molecule has 4 nitrogen and oxygen atoms in total. The Balaban J connectivity index is 2.11. The van der Waals surface area contributed by atoms with Gasteiger partial charge in [0, 0.05) is 32.0 Å². The van der Waals surface area contributed by atoms with E-state index in [4.69, 9.17) is 14.2 Å². The molecule has 0 saturated carbocycles. The molecule has 0 radical (unpaired) electrons. The molecule has 3 unspecified atom stereocenters. The van der Waals surface area contributed by atoms with E-state index >= 15 is 0 Å². The van der Waals surface area contributed by atoms with Crippen LogP contribution < -0.4 is 0 Å². The number of ether oxygens (including phenoxy) is 3. The number of carbonyl (C=O) groups is 1. The SMILES string of the molecule is CCOC1CCCC(C(=O)C2=CC(C)=C(OC(C)C)CC2)CCCOC(C(C)=CC=C(C)C)C1. The van der Waals surface area contributed by atoms with Crippen LogP contribution in [-0.2, 0) is 19.0 Å². The summed E-state index contributed by atoms with van der Waals surface area (Å²) >= 11 is 0. The lowest BCUT2D eigenvalue weighted by atomic mass is 9.84. The van der Waals surface area contributed by atoms with Gasteiger partial charge in [0.1, 0.15) is 0 Å². The lowest BCUT2D eigenvalue weighted by Crippen LogP contribution is -2.25. The maximum Gasteiger partial charge on any atom is 0.161 e. The van der Waals surface area contributed by atoms with E-state index in [0.29, 0.717) is 19.0 Å². The molecule has 1 aliphatic heterocycles. The van der Waals surface area contributed by atoms with Gasteiger partial charge in [-0.05, 0) is 103 Å². The monoisotopic (exact) mass is 472 g/mol. The smallest absolute Gasteiger partial charge is 0.161 e. The number of rotatable bonds is 8. The van der Waals surface area contributed by atoms with Crippen LogP contribution in [0.5, 0.6) is 0 Å². The predicted octanol–water partition coefficient (Wildman–Crippen LogP) is 7.65. The van der Waals surface area contributed by atoms with Crippen molar-refractivity contribution in [3.05, 3.63) is 46.3 Å². The minimum Gasteiger partial charge on any atom is -0.495 e. The third-order valence-corrected chi connectivity index (χ3v) is 6.68. The summed E-state index contributed by atoms with van der Waals surface area (Å²) < 4.78 is 18.4. The maximum atomic E-state index is 13.5. The molecule has 0 aromatic carbocycles. The fraction of sp³-hybridized carbons (Fsp3) is 0.700. The normalized spacial score (nSPS) is 25.5. The molecule has 0 aromatic heterocycles. The van der Waals surface area contributed by atoms with Gasteiger partial charge in [-0.3, -0.25) is 4.79 Å². The summed E-state index contributed by atoms with van der Waals surface area (Å²) in [4.78, 5) is 13.5. The molecule has 0 aromatic rings. The molecule has 1 fully saturated rings. The van der Waals surface area contributed by atoms with E-state index in [9.17, 15) is 4.79 Å². The van der Waals surface area contributed by atoms with Crippen LogP contribution in [-0.4, -0.2) is 37.3 Å². The highest BCUT2D eigenvalue weighted by molar-refractivity contribution is 5.97. The average Bonchev–Trinajstić information content (AvgIpc) is 2.82. The number of allylic oxidation sites excluding steroid dienone is 7. The zero-order valence-electron chi connectivity index (χ0n) is 22.7. The van der Waals surface area contributed by atoms with Crippen molar-refractivity contribution in [3.63, 3.8) is 0 Å². The van der Waals surface area contributed by atoms with Crippen LogP contribution in [0.4, 0.5) is 0 Å². The number of hydrogen-bond donors (Lipinski definition) is 0. The van der Waals surface area contributed by atoms with Crippen LogP contribution >= 0.6 is 0 Å². The molecule has 0 spiro atoms. The minimum atomic E-state index is 0.0626. The predicted molar refractivity (Wildman–Crippen MR) is 141 cm³/mol. The third kappa shape index (κ3) is 9.54. The van der Waals surface area contributed by atoms with E-state index in [1.165, 1.54) is 11.1 Å². The summed E-state index contributed by atoms with van der Waals surface area (Å²) in [6, 6.07) is 0. The first-order valence-corrected chi connectivity index (χ1v) is 13.4. The molecule has 192 valence electrons. The zero-order chi connectivity index (χ0) is 25.1. The van der Waals surface area contributed by atoms with E-state index in [-0.39, 0.29) is 24.2 Å². The molecule has 0 amide bonds. The van der Waals surface area contributed by atoms with Crippen molar-refractivity contribution >= 4 is 5.78 Å². The Bertz CT molecular complexity index is 780. The number of carbonyl (C=O) groups excluding carboxylic acids is 1. The van der Waals surface area contributed by atoms with Crippen molar-refractivity contribution in [2.75, 3.05) is 13.2 Å². The summed E-state index contributed by atoms with van der Waals surface area (Å²) in [5, 5.41) is 0. The highest BCUT2D eigenvalue weighted by atomic mass is 16.5. The molecular weight excluding hydrogens is 424 g/mol. The Kier molecular flexibility index (Phi) is 12.3. The van der Waals surface area contributed by atoms with Crippen LogP contribution in [0.25, 0.3) is 0 Å². The number of Topliss-reactive ketones (excluding diaryl/α,β-unsaturated/α-hetero) is 1. The van der Waals surface area contributed by atoms with E-state index in [0.717, 1.165) is 68.3 Å². The quantitative estimate of drug-likeness (QED) is 0.340. The summed E-state index contributed by atoms with van der Waals surface area (Å²) in [6.07, 6.45) is 14.0. The largest absolute Gasteiger partial charge is 0.495 e. The number of ketones is 1. The second-order valence-electron chi connectivity index (χ2n) is 10.4. The van der Waals surface area contributed by atoms with Crippen molar-refractivity contribution in [3.8, 4) is 0 Å². The Morgan fingerprint density at radius 2 is 1.85 bits per heavy atom. The highest BCUT2D eigenvalue weighted by Gasteiger charge is 2.27. The second kappa shape index (κ2) is 14.7. The van der Waals surface area contributed by atoms with Crippen molar-refractivity contribution in [1.82, 2.24) is 0 Å². The molecule has 0 bridgehead atoms. The van der Waals surface area contributed by atoms with E-state index in [1.807, 2.05) is 13.8 Å². The van der Waals surface area contributed by atoms with E-state index in [1.54, 1.807) is 0 Å². The van der Waals surface area contributed by atoms with Crippen LogP contribution in [0.1, 0.15) is 99.8 Å². The minimum absolute atomic E-state index is 0.0626. The van der Waals surface area contributed by atoms with Crippen LogP contribution in [0.15, 0.2) is 46.3 Å². The van der Waals surface area contributed by atoms with E-state index < -0.39 is 0 Å². The maximum absolute atomic E-state index is 13.5. The van der Waals surface area contributed by atoms with Gasteiger partial charge in [-0.1, -0.05) is 24.1 Å². The molecule has 2 rings (SSSR count). The Morgan fingerprint density at radius 3 is 2.50 bits per heavy atom. The van der Waals surface area contributed by atoms with Gasteiger partial charge in [0.05, 0.1) is 24.1 Å². The fourth-order valence-corrected chi connectivity index (χ4v) is 4.84. The van der Waals surface area contributed by atoms with Crippen molar-refractivity contribution in [1.29, 1.82) is 0 Å². The molecule has 34 heavy (non-hydrogen) atoms. The van der Waals surface area contributed by atoms with Gasteiger partial charge in [-0.15, -0.1) is 0 Å². The Hall–Kier alpha value is -1.65. The van der Waals surface area contributed by atoms with Gasteiger partial charge in [-0.2, -0.15) is 0 Å². The van der Waals surface area contributed by atoms with Crippen molar-refractivity contribution in [2.45, 2.75) is 118 Å². The lowest BCUT2D eigenvalue weighted by Gasteiger charge is -2.24. The molecule has 4 heteroatoms. The molecule has 1 heterocycles. The molecular formula is C30H48O4. The van der Waals surface area contributed by atoms with Gasteiger partial charge < -0.3 is 14.2 Å². The van der Waals surface area contributed by atoms with Gasteiger partial charge in [0.2, 0.25) is 0 Å². The molecule has 1 saturated heterocycles. The molecule has 1 aliphatic carbocycles. The first kappa shape index (κ1) is 28.6. The molecule has 3 atom stereocenters. The second-order valence-corrected chi connectivity index (χ2v) is 10.4. The topological polar surface area (TPSA) is 44.8 Å². The number of hydrogen-bond acceptors (Lipinski definition) is 4. The first-order chi connectivity index (χ1) is 16.2. The average molecular weight is 473 g/mol. The van der Waals surface area contributed by atoms with Crippen molar-refractivity contribution < 1.29 is 19.0 Å². The van der Waals surface area contributed by atoms with Gasteiger partial charge in [0.15, 0.2) is 5.78 Å². The Morgan fingerprint density at radius 1 is 1.12 bits per heavy atom.